The highest BCUT2D eigenvalue weighted by atomic mass is 17.1. The number of ether oxygens (including phenoxy) is 1. The van der Waals surface area contributed by atoms with Crippen LogP contribution < -0.4 is 4.74 Å². The molecule has 0 saturated carbocycles. The smallest absolute Gasteiger partial charge is 0.372 e. The Morgan fingerprint density at radius 3 is 2.59 bits per heavy atom. The van der Waals surface area contributed by atoms with Crippen LogP contribution in [-0.4, -0.2) is 22.3 Å². The zero-order chi connectivity index (χ0) is 13.0. The van der Waals surface area contributed by atoms with Crippen LogP contribution in [0.4, 0.5) is 5.69 Å². The summed E-state index contributed by atoms with van der Waals surface area (Å²) in [5.41, 5.74) is -0.290. The summed E-state index contributed by atoms with van der Waals surface area (Å²) in [4.78, 5) is 24.7. The molecule has 1 rings (SSSR count). The van der Waals surface area contributed by atoms with E-state index in [-0.39, 0.29) is 23.1 Å². The Kier molecular flexibility index (Phi) is 4.00. The van der Waals surface area contributed by atoms with Gasteiger partial charge in [0.15, 0.2) is 5.75 Å². The summed E-state index contributed by atoms with van der Waals surface area (Å²) in [6.07, 6.45) is -0.283. The van der Waals surface area contributed by atoms with Crippen molar-refractivity contribution in [2.45, 2.75) is 20.0 Å². The first-order chi connectivity index (χ1) is 7.95. The Balaban J connectivity index is 3.18. The van der Waals surface area contributed by atoms with Gasteiger partial charge in [0, 0.05) is 12.1 Å². The largest absolute Gasteiger partial charge is 0.484 e. The van der Waals surface area contributed by atoms with Crippen LogP contribution in [0.1, 0.15) is 24.2 Å². The number of carbonyl (C=O) groups is 1. The summed E-state index contributed by atoms with van der Waals surface area (Å²) in [6.45, 7) is 3.39. The number of nitro benzene ring substituents is 1. The van der Waals surface area contributed by atoms with Crippen LogP contribution in [-0.2, 0) is 4.89 Å². The normalized spacial score (nSPS) is 10.1. The zero-order valence-electron chi connectivity index (χ0n) is 9.25. The topological polar surface area (TPSA) is 98.9 Å². The molecule has 17 heavy (non-hydrogen) atoms. The lowest BCUT2D eigenvalue weighted by Crippen LogP contribution is -2.09. The van der Waals surface area contributed by atoms with Crippen LogP contribution in [0.5, 0.6) is 5.75 Å². The molecule has 0 atom stereocenters. The van der Waals surface area contributed by atoms with Crippen molar-refractivity contribution in [1.82, 2.24) is 0 Å². The molecule has 1 aromatic carbocycles. The number of nitrogens with zero attached hydrogens (tertiary/aromatic N) is 1. The molecule has 92 valence electrons. The van der Waals surface area contributed by atoms with E-state index in [1.165, 1.54) is 6.07 Å². The van der Waals surface area contributed by atoms with E-state index in [1.807, 2.05) is 0 Å². The lowest BCUT2D eigenvalue weighted by molar-refractivity contribution is -0.386. The third kappa shape index (κ3) is 3.15. The average molecular weight is 241 g/mol. The molecule has 0 bridgehead atoms. The zero-order valence-corrected chi connectivity index (χ0v) is 9.25. The number of hydrogen-bond donors (Lipinski definition) is 1. The predicted molar refractivity (Wildman–Crippen MR) is 56.9 cm³/mol. The Labute approximate surface area is 96.7 Å². The van der Waals surface area contributed by atoms with Crippen molar-refractivity contribution < 1.29 is 24.6 Å². The summed E-state index contributed by atoms with van der Waals surface area (Å²) >= 11 is 0. The maximum atomic E-state index is 11.0. The lowest BCUT2D eigenvalue weighted by Gasteiger charge is -2.10. The number of carbonyl (C=O) groups excluding carboxylic acids is 1. The predicted octanol–water partition coefficient (Wildman–Crippen LogP) is 2.01. The van der Waals surface area contributed by atoms with Gasteiger partial charge in [-0.1, -0.05) is 0 Å². The first kappa shape index (κ1) is 12.9. The van der Waals surface area contributed by atoms with Gasteiger partial charge in [0.2, 0.25) is 0 Å². The van der Waals surface area contributed by atoms with E-state index >= 15 is 0 Å². The molecule has 0 aromatic heterocycles. The molecular weight excluding hydrogens is 230 g/mol. The van der Waals surface area contributed by atoms with Crippen molar-refractivity contribution in [3.63, 3.8) is 0 Å². The molecule has 0 spiro atoms. The fraction of sp³-hybridized carbons (Fsp3) is 0.300. The van der Waals surface area contributed by atoms with E-state index < -0.39 is 10.9 Å². The van der Waals surface area contributed by atoms with E-state index in [0.717, 1.165) is 12.1 Å². The monoisotopic (exact) mass is 241 g/mol. The average Bonchev–Trinajstić information content (AvgIpc) is 2.26. The summed E-state index contributed by atoms with van der Waals surface area (Å²) in [5, 5.41) is 18.9. The van der Waals surface area contributed by atoms with Gasteiger partial charge in [0.25, 0.3) is 0 Å². The molecule has 0 radical (unpaired) electrons. The number of nitro groups is 1. The molecule has 0 aliphatic rings. The molecule has 7 nitrogen and oxygen atoms in total. The molecule has 1 aromatic rings. The van der Waals surface area contributed by atoms with E-state index in [2.05, 4.69) is 4.89 Å². The molecule has 0 unspecified atom stereocenters. The fourth-order valence-corrected chi connectivity index (χ4v) is 1.19. The molecule has 0 fully saturated rings. The number of benzene rings is 1. The molecule has 0 heterocycles. The van der Waals surface area contributed by atoms with Gasteiger partial charge in [-0.05, 0) is 19.9 Å². The van der Waals surface area contributed by atoms with Gasteiger partial charge in [0.1, 0.15) is 0 Å². The Bertz CT molecular complexity index is 442. The van der Waals surface area contributed by atoms with Gasteiger partial charge in [-0.25, -0.2) is 4.79 Å². The van der Waals surface area contributed by atoms with Gasteiger partial charge in [-0.3, -0.25) is 15.0 Å². The highest BCUT2D eigenvalue weighted by Gasteiger charge is 2.19. The van der Waals surface area contributed by atoms with Gasteiger partial charge in [0.05, 0.1) is 16.6 Å². The van der Waals surface area contributed by atoms with E-state index in [4.69, 9.17) is 9.99 Å². The maximum Gasteiger partial charge on any atom is 0.372 e. The summed E-state index contributed by atoms with van der Waals surface area (Å²) in [5.74, 6) is -1.05. The molecular formula is C10H11NO6. The third-order valence-electron chi connectivity index (χ3n) is 1.84. The van der Waals surface area contributed by atoms with Crippen molar-refractivity contribution in [1.29, 1.82) is 0 Å². The molecule has 0 aliphatic heterocycles. The summed E-state index contributed by atoms with van der Waals surface area (Å²) in [6, 6.07) is 3.44. The van der Waals surface area contributed by atoms with E-state index in [9.17, 15) is 14.9 Å². The van der Waals surface area contributed by atoms with Crippen LogP contribution in [0, 0.1) is 10.1 Å². The highest BCUT2D eigenvalue weighted by molar-refractivity contribution is 5.90. The van der Waals surface area contributed by atoms with Crippen molar-refractivity contribution >= 4 is 11.7 Å². The Morgan fingerprint density at radius 2 is 2.12 bits per heavy atom. The quantitative estimate of drug-likeness (QED) is 0.491. The standard InChI is InChI=1S/C10H11NO6/c1-6(2)16-9-5-7(10(12)17-15)3-4-8(9)11(13)14/h3-6,15H,1-2H3. The summed E-state index contributed by atoms with van der Waals surface area (Å²) in [7, 11) is 0. The maximum absolute atomic E-state index is 11.0. The molecule has 0 amide bonds. The van der Waals surface area contributed by atoms with E-state index in [0.29, 0.717) is 0 Å². The van der Waals surface area contributed by atoms with Crippen molar-refractivity contribution in [3.8, 4) is 5.75 Å². The van der Waals surface area contributed by atoms with Gasteiger partial charge >= 0.3 is 11.7 Å². The van der Waals surface area contributed by atoms with Crippen LogP contribution in [0.25, 0.3) is 0 Å². The fourth-order valence-electron chi connectivity index (χ4n) is 1.19. The van der Waals surface area contributed by atoms with Crippen molar-refractivity contribution in [2.24, 2.45) is 0 Å². The first-order valence-electron chi connectivity index (χ1n) is 4.76. The minimum Gasteiger partial charge on any atom is -0.484 e. The highest BCUT2D eigenvalue weighted by Crippen LogP contribution is 2.29. The second kappa shape index (κ2) is 5.26. The second-order valence-corrected chi connectivity index (χ2v) is 3.48. The second-order valence-electron chi connectivity index (χ2n) is 3.48. The van der Waals surface area contributed by atoms with Crippen molar-refractivity contribution in [3.05, 3.63) is 33.9 Å². The van der Waals surface area contributed by atoms with Crippen LogP contribution in [0.3, 0.4) is 0 Å². The summed E-state index contributed by atoms with van der Waals surface area (Å²) < 4.78 is 5.21. The molecule has 1 N–H and O–H groups in total. The minimum atomic E-state index is -1.01. The Hall–Kier alpha value is -2.15. The van der Waals surface area contributed by atoms with Crippen LogP contribution in [0.2, 0.25) is 0 Å². The SMILES string of the molecule is CC(C)Oc1cc(C(=O)OO)ccc1[N+](=O)[O-]. The van der Waals surface area contributed by atoms with Gasteiger partial charge in [-0.15, -0.1) is 0 Å². The number of rotatable bonds is 4. The molecule has 7 heteroatoms. The van der Waals surface area contributed by atoms with Crippen LogP contribution in [0.15, 0.2) is 18.2 Å². The van der Waals surface area contributed by atoms with E-state index in [1.54, 1.807) is 13.8 Å². The van der Waals surface area contributed by atoms with Crippen molar-refractivity contribution in [2.75, 3.05) is 0 Å². The molecule has 0 saturated heterocycles. The minimum absolute atomic E-state index is 0.0336. The first-order valence-corrected chi connectivity index (χ1v) is 4.76. The number of hydrogen-bond acceptors (Lipinski definition) is 6. The molecule has 0 aliphatic carbocycles. The Morgan fingerprint density at radius 1 is 1.47 bits per heavy atom. The third-order valence-corrected chi connectivity index (χ3v) is 1.84. The van der Waals surface area contributed by atoms with Gasteiger partial charge in [-0.2, -0.15) is 5.26 Å². The lowest BCUT2D eigenvalue weighted by atomic mass is 10.2. The van der Waals surface area contributed by atoms with Gasteiger partial charge < -0.3 is 4.74 Å². The van der Waals surface area contributed by atoms with Crippen LogP contribution >= 0.6 is 0 Å².